The van der Waals surface area contributed by atoms with E-state index >= 15 is 0 Å². The molecule has 1 saturated heterocycles. The van der Waals surface area contributed by atoms with E-state index in [9.17, 15) is 4.79 Å². The van der Waals surface area contributed by atoms with Gasteiger partial charge < -0.3 is 9.64 Å². The van der Waals surface area contributed by atoms with Crippen molar-refractivity contribution < 1.29 is 9.53 Å². The molecule has 1 amide bonds. The summed E-state index contributed by atoms with van der Waals surface area (Å²) in [5.74, 6) is 1.28. The molecule has 5 heteroatoms. The highest BCUT2D eigenvalue weighted by Crippen LogP contribution is 2.49. The Morgan fingerprint density at radius 2 is 2.12 bits per heavy atom. The second-order valence-corrected chi connectivity index (χ2v) is 6.83. The molecule has 0 bridgehead atoms. The molecule has 1 saturated carbocycles. The number of aromatic nitrogens is 2. The minimum atomic E-state index is 0.0697. The van der Waals surface area contributed by atoms with Crippen LogP contribution >= 0.6 is 0 Å². The van der Waals surface area contributed by atoms with Crippen molar-refractivity contribution in [2.24, 2.45) is 11.3 Å². The fourth-order valence-corrected chi connectivity index (χ4v) is 4.13. The Hall–Kier alpha value is -2.43. The topological polar surface area (TPSA) is 55.3 Å². The maximum atomic E-state index is 12.7. The Morgan fingerprint density at radius 3 is 2.92 bits per heavy atom. The van der Waals surface area contributed by atoms with Crippen LogP contribution in [-0.2, 0) is 0 Å². The summed E-state index contributed by atoms with van der Waals surface area (Å²) in [6.07, 6.45) is 8.59. The monoisotopic (exact) mass is 323 g/mol. The number of fused-ring (bicyclic) bond motifs is 1. The van der Waals surface area contributed by atoms with E-state index in [1.807, 2.05) is 23.1 Å². The number of ether oxygens (including phenoxy) is 1. The van der Waals surface area contributed by atoms with Gasteiger partial charge in [-0.25, -0.2) is 4.98 Å². The number of likely N-dealkylation sites (tertiary alicyclic amines) is 1. The maximum absolute atomic E-state index is 12.7. The summed E-state index contributed by atoms with van der Waals surface area (Å²) in [7, 11) is 0. The molecule has 2 fully saturated rings. The van der Waals surface area contributed by atoms with Crippen molar-refractivity contribution in [1.29, 1.82) is 0 Å². The van der Waals surface area contributed by atoms with Gasteiger partial charge in [0.2, 0.25) is 5.88 Å². The van der Waals surface area contributed by atoms with Crippen LogP contribution in [-0.4, -0.2) is 40.5 Å². The Labute approximate surface area is 141 Å². The van der Waals surface area contributed by atoms with E-state index in [0.29, 0.717) is 24.0 Å². The lowest BCUT2D eigenvalue weighted by molar-refractivity contribution is 0.0744. The lowest BCUT2D eigenvalue weighted by Gasteiger charge is -2.28. The van der Waals surface area contributed by atoms with Crippen LogP contribution < -0.4 is 4.74 Å². The van der Waals surface area contributed by atoms with E-state index < -0.39 is 0 Å². The molecule has 124 valence electrons. The zero-order valence-corrected chi connectivity index (χ0v) is 13.6. The fraction of sp³-hybridized carbons (Fsp3) is 0.421. The summed E-state index contributed by atoms with van der Waals surface area (Å²) in [5.41, 5.74) is 0.783. The van der Waals surface area contributed by atoms with Crippen molar-refractivity contribution in [3.8, 4) is 5.88 Å². The first kappa shape index (κ1) is 15.1. The number of hydrogen-bond donors (Lipinski definition) is 0. The van der Waals surface area contributed by atoms with Crippen molar-refractivity contribution in [2.45, 2.75) is 19.3 Å². The van der Waals surface area contributed by atoms with E-state index in [-0.39, 0.29) is 11.3 Å². The molecule has 5 nitrogen and oxygen atoms in total. The predicted octanol–water partition coefficient (Wildman–Crippen LogP) is 2.80. The third-order valence-electron chi connectivity index (χ3n) is 5.40. The summed E-state index contributed by atoms with van der Waals surface area (Å²) in [6.45, 7) is 2.23. The molecule has 0 radical (unpaired) electrons. The van der Waals surface area contributed by atoms with Gasteiger partial charge in [0, 0.05) is 48.7 Å². The average Bonchev–Trinajstić information content (AvgIpc) is 3.18. The third kappa shape index (κ3) is 2.75. The number of carbonyl (C=O) groups is 1. The quantitative estimate of drug-likeness (QED) is 0.868. The van der Waals surface area contributed by atoms with E-state index in [1.54, 1.807) is 30.7 Å². The molecule has 0 N–H and O–H groups in total. The molecule has 2 aliphatic rings. The molecule has 4 rings (SSSR count). The molecule has 0 unspecified atom stereocenters. The largest absolute Gasteiger partial charge is 0.477 e. The van der Waals surface area contributed by atoms with Crippen molar-refractivity contribution in [2.75, 3.05) is 19.7 Å². The van der Waals surface area contributed by atoms with Crippen LogP contribution in [0.25, 0.3) is 0 Å². The summed E-state index contributed by atoms with van der Waals surface area (Å²) in [4.78, 5) is 23.0. The van der Waals surface area contributed by atoms with Crippen LogP contribution in [0.1, 0.15) is 29.6 Å². The van der Waals surface area contributed by atoms with Gasteiger partial charge >= 0.3 is 0 Å². The van der Waals surface area contributed by atoms with Crippen LogP contribution in [0.2, 0.25) is 0 Å². The van der Waals surface area contributed by atoms with Crippen molar-refractivity contribution in [3.63, 3.8) is 0 Å². The number of nitrogens with zero attached hydrogens (tertiary/aromatic N) is 3. The molecule has 3 heterocycles. The fourth-order valence-electron chi connectivity index (χ4n) is 4.13. The third-order valence-corrected chi connectivity index (χ3v) is 5.40. The van der Waals surface area contributed by atoms with Crippen molar-refractivity contribution >= 4 is 5.91 Å². The maximum Gasteiger partial charge on any atom is 0.253 e. The van der Waals surface area contributed by atoms with Crippen LogP contribution in [0, 0.1) is 11.3 Å². The minimum absolute atomic E-state index is 0.0697. The Kier molecular flexibility index (Phi) is 3.92. The summed E-state index contributed by atoms with van der Waals surface area (Å²) in [5, 5.41) is 0. The molecule has 2 aromatic rings. The van der Waals surface area contributed by atoms with E-state index in [4.69, 9.17) is 4.74 Å². The predicted molar refractivity (Wildman–Crippen MR) is 89.6 cm³/mol. The SMILES string of the molecule is O=C(c1ccncc1)N1C[C@@H]2CCC[C@]2(COc2ccccn2)C1. The number of hydrogen-bond acceptors (Lipinski definition) is 4. The smallest absolute Gasteiger partial charge is 0.253 e. The van der Waals surface area contributed by atoms with Crippen LogP contribution in [0.4, 0.5) is 0 Å². The van der Waals surface area contributed by atoms with E-state index in [1.165, 1.54) is 12.8 Å². The molecule has 0 aromatic carbocycles. The zero-order valence-electron chi connectivity index (χ0n) is 13.6. The average molecular weight is 323 g/mol. The normalized spacial score (nSPS) is 25.5. The molecule has 2 atom stereocenters. The van der Waals surface area contributed by atoms with Gasteiger partial charge in [-0.05, 0) is 37.0 Å². The second kappa shape index (κ2) is 6.23. The molecular weight excluding hydrogens is 302 g/mol. The lowest BCUT2D eigenvalue weighted by Crippen LogP contribution is -2.35. The van der Waals surface area contributed by atoms with Gasteiger partial charge in [0.15, 0.2) is 0 Å². The molecule has 1 aliphatic heterocycles. The molecule has 24 heavy (non-hydrogen) atoms. The van der Waals surface area contributed by atoms with Gasteiger partial charge in [-0.1, -0.05) is 12.5 Å². The van der Waals surface area contributed by atoms with Gasteiger partial charge in [0.25, 0.3) is 5.91 Å². The molecular formula is C19H21N3O2. The first-order chi connectivity index (χ1) is 11.8. The van der Waals surface area contributed by atoms with Crippen LogP contribution in [0.15, 0.2) is 48.9 Å². The summed E-state index contributed by atoms with van der Waals surface area (Å²) < 4.78 is 5.97. The van der Waals surface area contributed by atoms with Gasteiger partial charge in [-0.3, -0.25) is 9.78 Å². The number of rotatable bonds is 4. The first-order valence-corrected chi connectivity index (χ1v) is 8.50. The zero-order chi connectivity index (χ0) is 16.4. The molecule has 1 aliphatic carbocycles. The van der Waals surface area contributed by atoms with Gasteiger partial charge in [-0.15, -0.1) is 0 Å². The van der Waals surface area contributed by atoms with Gasteiger partial charge in [0.1, 0.15) is 0 Å². The second-order valence-electron chi connectivity index (χ2n) is 6.83. The molecule has 2 aromatic heterocycles. The van der Waals surface area contributed by atoms with E-state index in [0.717, 1.165) is 19.5 Å². The highest BCUT2D eigenvalue weighted by molar-refractivity contribution is 5.94. The standard InChI is InChI=1S/C19H21N3O2/c23-18(15-6-10-20-11-7-15)22-12-16-4-3-8-19(16,13-22)14-24-17-5-1-2-9-21-17/h1-2,5-7,9-11,16H,3-4,8,12-14H2/t16-,19+/m0/s1. The van der Waals surface area contributed by atoms with Crippen LogP contribution in [0.5, 0.6) is 5.88 Å². The summed E-state index contributed by atoms with van der Waals surface area (Å²) in [6, 6.07) is 9.27. The minimum Gasteiger partial charge on any atom is -0.477 e. The Morgan fingerprint density at radius 1 is 1.25 bits per heavy atom. The van der Waals surface area contributed by atoms with E-state index in [2.05, 4.69) is 9.97 Å². The van der Waals surface area contributed by atoms with Gasteiger partial charge in [0.05, 0.1) is 6.61 Å². The number of pyridine rings is 2. The van der Waals surface area contributed by atoms with Crippen LogP contribution in [0.3, 0.4) is 0 Å². The molecule has 0 spiro atoms. The van der Waals surface area contributed by atoms with Gasteiger partial charge in [-0.2, -0.15) is 0 Å². The highest BCUT2D eigenvalue weighted by atomic mass is 16.5. The van der Waals surface area contributed by atoms with Crippen molar-refractivity contribution in [3.05, 3.63) is 54.5 Å². The summed E-state index contributed by atoms with van der Waals surface area (Å²) >= 11 is 0. The Balaban J connectivity index is 1.48. The Bertz CT molecular complexity index is 707. The first-order valence-electron chi connectivity index (χ1n) is 8.50. The highest BCUT2D eigenvalue weighted by Gasteiger charge is 2.51. The van der Waals surface area contributed by atoms with Crippen molar-refractivity contribution in [1.82, 2.24) is 14.9 Å². The number of amides is 1. The lowest BCUT2D eigenvalue weighted by atomic mass is 9.81. The number of carbonyl (C=O) groups excluding carboxylic acids is 1.